The predicted octanol–water partition coefficient (Wildman–Crippen LogP) is 4.44. The number of aromatic nitrogens is 1. The van der Waals surface area contributed by atoms with Gasteiger partial charge in [0.1, 0.15) is 5.82 Å². The van der Waals surface area contributed by atoms with E-state index in [2.05, 4.69) is 17.2 Å². The summed E-state index contributed by atoms with van der Waals surface area (Å²) in [5.74, 6) is 0.246. The second-order valence-electron chi connectivity index (χ2n) is 6.57. The predicted molar refractivity (Wildman–Crippen MR) is 89.8 cm³/mol. The van der Waals surface area contributed by atoms with Crippen molar-refractivity contribution >= 4 is 5.91 Å². The van der Waals surface area contributed by atoms with Gasteiger partial charge >= 0.3 is 0 Å². The number of hydrogen-bond donors (Lipinski definition) is 2. The van der Waals surface area contributed by atoms with E-state index in [4.69, 9.17) is 0 Å². The largest absolute Gasteiger partial charge is 0.358 e. The third-order valence-corrected chi connectivity index (χ3v) is 4.84. The van der Waals surface area contributed by atoms with Crippen LogP contribution in [0.5, 0.6) is 0 Å². The number of benzene rings is 1. The summed E-state index contributed by atoms with van der Waals surface area (Å²) in [4.78, 5) is 15.8. The minimum absolute atomic E-state index is 0.0224. The van der Waals surface area contributed by atoms with Crippen molar-refractivity contribution < 1.29 is 9.18 Å². The lowest BCUT2D eigenvalue weighted by molar-refractivity contribution is 0.0910. The monoisotopic (exact) mass is 314 g/mol. The number of H-pyrrole nitrogens is 1. The first-order chi connectivity index (χ1) is 11.0. The fraction of sp³-hybridized carbons (Fsp3) is 0.421. The van der Waals surface area contributed by atoms with Crippen LogP contribution in [0.3, 0.4) is 0 Å². The first-order valence-electron chi connectivity index (χ1n) is 8.31. The molecule has 0 saturated heterocycles. The minimum Gasteiger partial charge on any atom is -0.358 e. The van der Waals surface area contributed by atoms with Crippen LogP contribution < -0.4 is 5.32 Å². The topological polar surface area (TPSA) is 44.9 Å². The Labute approximate surface area is 136 Å². The summed E-state index contributed by atoms with van der Waals surface area (Å²) in [5.41, 5.74) is 3.22. The van der Waals surface area contributed by atoms with E-state index >= 15 is 0 Å². The lowest BCUT2D eigenvalue weighted by Gasteiger charge is -2.29. The molecule has 2 aromatic rings. The third kappa shape index (κ3) is 3.46. The number of aromatic amines is 1. The Morgan fingerprint density at radius 1 is 1.22 bits per heavy atom. The molecule has 1 amide bonds. The molecule has 0 unspecified atom stereocenters. The van der Waals surface area contributed by atoms with Gasteiger partial charge in [-0.15, -0.1) is 0 Å². The Morgan fingerprint density at radius 2 is 1.91 bits per heavy atom. The highest BCUT2D eigenvalue weighted by Gasteiger charge is 2.24. The number of amides is 1. The molecule has 2 atom stereocenters. The van der Waals surface area contributed by atoms with Crippen LogP contribution in [-0.4, -0.2) is 16.9 Å². The van der Waals surface area contributed by atoms with Gasteiger partial charge in [-0.05, 0) is 61.6 Å². The molecule has 1 aliphatic rings. The molecule has 0 spiro atoms. The second-order valence-corrected chi connectivity index (χ2v) is 6.57. The summed E-state index contributed by atoms with van der Waals surface area (Å²) in [7, 11) is 0. The molecule has 122 valence electrons. The third-order valence-electron chi connectivity index (χ3n) is 4.84. The van der Waals surface area contributed by atoms with E-state index in [0.717, 1.165) is 23.4 Å². The molecule has 0 bridgehead atoms. The molecule has 2 N–H and O–H groups in total. The van der Waals surface area contributed by atoms with Crippen molar-refractivity contribution in [3.05, 3.63) is 47.4 Å². The fourth-order valence-electron chi connectivity index (χ4n) is 3.36. The van der Waals surface area contributed by atoms with E-state index in [1.165, 1.54) is 31.4 Å². The van der Waals surface area contributed by atoms with Crippen LogP contribution in [0.15, 0.2) is 30.3 Å². The zero-order valence-electron chi connectivity index (χ0n) is 13.7. The normalized spacial score (nSPS) is 21.2. The average Bonchev–Trinajstić information content (AvgIpc) is 2.92. The summed E-state index contributed by atoms with van der Waals surface area (Å²) < 4.78 is 13.0. The van der Waals surface area contributed by atoms with Crippen molar-refractivity contribution in [1.29, 1.82) is 0 Å². The molecule has 1 aromatic carbocycles. The zero-order chi connectivity index (χ0) is 16.4. The smallest absolute Gasteiger partial charge is 0.253 e. The summed E-state index contributed by atoms with van der Waals surface area (Å²) in [5, 5.41) is 3.18. The molecule has 3 rings (SSSR count). The highest BCUT2D eigenvalue weighted by molar-refractivity contribution is 5.97. The van der Waals surface area contributed by atoms with Crippen LogP contribution in [0, 0.1) is 18.7 Å². The molecule has 1 aromatic heterocycles. The summed E-state index contributed by atoms with van der Waals surface area (Å²) in [6, 6.07) is 8.39. The molecule has 1 aliphatic carbocycles. The van der Waals surface area contributed by atoms with Crippen LogP contribution in [0.2, 0.25) is 0 Å². The van der Waals surface area contributed by atoms with Crippen LogP contribution in [0.25, 0.3) is 11.3 Å². The lowest BCUT2D eigenvalue weighted by atomic mass is 9.86. The van der Waals surface area contributed by atoms with E-state index in [1.54, 1.807) is 12.1 Å². The second kappa shape index (κ2) is 6.57. The SMILES string of the molecule is Cc1[nH]c(-c2ccc(F)cc2)cc1C(=O)N[C@H]1CCCC[C@H]1C. The zero-order valence-corrected chi connectivity index (χ0v) is 13.7. The fourth-order valence-corrected chi connectivity index (χ4v) is 3.36. The van der Waals surface area contributed by atoms with Gasteiger partial charge < -0.3 is 10.3 Å². The van der Waals surface area contributed by atoms with Gasteiger partial charge in [-0.1, -0.05) is 19.8 Å². The molecule has 1 fully saturated rings. The van der Waals surface area contributed by atoms with E-state index in [1.807, 2.05) is 13.0 Å². The van der Waals surface area contributed by atoms with Crippen LogP contribution in [0.1, 0.15) is 48.7 Å². The number of carbonyl (C=O) groups is 1. The molecular formula is C19H23FN2O. The van der Waals surface area contributed by atoms with Gasteiger partial charge in [0, 0.05) is 17.4 Å². The van der Waals surface area contributed by atoms with Crippen LogP contribution >= 0.6 is 0 Å². The number of carbonyl (C=O) groups excluding carboxylic acids is 1. The van der Waals surface area contributed by atoms with Crippen molar-refractivity contribution in [2.45, 2.75) is 45.6 Å². The molecule has 4 heteroatoms. The number of nitrogens with one attached hydrogen (secondary N) is 2. The van der Waals surface area contributed by atoms with E-state index in [9.17, 15) is 9.18 Å². The van der Waals surface area contributed by atoms with Crippen molar-refractivity contribution in [3.8, 4) is 11.3 Å². The molecule has 3 nitrogen and oxygen atoms in total. The maximum absolute atomic E-state index is 13.0. The Hall–Kier alpha value is -2.10. The quantitative estimate of drug-likeness (QED) is 0.864. The molecule has 0 radical (unpaired) electrons. The van der Waals surface area contributed by atoms with Crippen LogP contribution in [-0.2, 0) is 0 Å². The van der Waals surface area contributed by atoms with E-state index in [0.29, 0.717) is 11.5 Å². The molecular weight excluding hydrogens is 291 g/mol. The summed E-state index contributed by atoms with van der Waals surface area (Å²) in [6.07, 6.45) is 4.67. The highest BCUT2D eigenvalue weighted by Crippen LogP contribution is 2.25. The van der Waals surface area contributed by atoms with Gasteiger partial charge in [0.05, 0.1) is 5.56 Å². The molecule has 23 heavy (non-hydrogen) atoms. The van der Waals surface area contributed by atoms with Crippen molar-refractivity contribution in [2.24, 2.45) is 5.92 Å². The van der Waals surface area contributed by atoms with Crippen molar-refractivity contribution in [3.63, 3.8) is 0 Å². The van der Waals surface area contributed by atoms with Crippen molar-refractivity contribution in [1.82, 2.24) is 10.3 Å². The lowest BCUT2D eigenvalue weighted by Crippen LogP contribution is -2.41. The molecule has 1 heterocycles. The van der Waals surface area contributed by atoms with Crippen molar-refractivity contribution in [2.75, 3.05) is 0 Å². The van der Waals surface area contributed by atoms with Gasteiger partial charge in [-0.3, -0.25) is 4.79 Å². The maximum atomic E-state index is 13.0. The minimum atomic E-state index is -0.263. The van der Waals surface area contributed by atoms with Gasteiger partial charge in [0.25, 0.3) is 5.91 Å². The highest BCUT2D eigenvalue weighted by atomic mass is 19.1. The molecule has 1 saturated carbocycles. The van der Waals surface area contributed by atoms with Gasteiger partial charge in [0.15, 0.2) is 0 Å². The van der Waals surface area contributed by atoms with Gasteiger partial charge in [-0.2, -0.15) is 0 Å². The summed E-state index contributed by atoms with van der Waals surface area (Å²) in [6.45, 7) is 4.10. The summed E-state index contributed by atoms with van der Waals surface area (Å²) >= 11 is 0. The Morgan fingerprint density at radius 3 is 2.61 bits per heavy atom. The first kappa shape index (κ1) is 15.8. The number of halogens is 1. The van der Waals surface area contributed by atoms with E-state index < -0.39 is 0 Å². The van der Waals surface area contributed by atoms with E-state index in [-0.39, 0.29) is 17.8 Å². The molecule has 0 aliphatic heterocycles. The Kier molecular flexibility index (Phi) is 4.51. The maximum Gasteiger partial charge on any atom is 0.253 e. The Balaban J connectivity index is 1.77. The van der Waals surface area contributed by atoms with Gasteiger partial charge in [-0.25, -0.2) is 4.39 Å². The Bertz CT molecular complexity index is 690. The van der Waals surface area contributed by atoms with Crippen LogP contribution in [0.4, 0.5) is 4.39 Å². The standard InChI is InChI=1S/C19H23FN2O/c1-12-5-3-4-6-17(12)22-19(23)16-11-18(21-13(16)2)14-7-9-15(20)10-8-14/h7-12,17,21H,3-6H2,1-2H3,(H,22,23)/t12-,17+/m1/s1. The first-order valence-corrected chi connectivity index (χ1v) is 8.31. The van der Waals surface area contributed by atoms with Gasteiger partial charge in [0.2, 0.25) is 0 Å². The number of hydrogen-bond acceptors (Lipinski definition) is 1. The number of aryl methyl sites for hydroxylation is 1. The average molecular weight is 314 g/mol. The number of rotatable bonds is 3.